The van der Waals surface area contributed by atoms with Crippen molar-refractivity contribution in [3.8, 4) is 0 Å². The summed E-state index contributed by atoms with van der Waals surface area (Å²) in [5, 5.41) is 16.3. The normalized spacial score (nSPS) is 31.9. The van der Waals surface area contributed by atoms with Gasteiger partial charge in [0, 0.05) is 31.0 Å². The molecular weight excluding hydrogens is 256 g/mol. The maximum absolute atomic E-state index is 11.8. The quantitative estimate of drug-likeness (QED) is 0.670. The van der Waals surface area contributed by atoms with Crippen molar-refractivity contribution >= 4 is 6.03 Å². The van der Waals surface area contributed by atoms with E-state index in [9.17, 15) is 9.90 Å². The molecule has 1 saturated carbocycles. The molecule has 114 valence electrons. The Morgan fingerprint density at radius 1 is 1.40 bits per heavy atom. The van der Waals surface area contributed by atoms with Gasteiger partial charge in [0.15, 0.2) is 0 Å². The second-order valence-corrected chi connectivity index (χ2v) is 6.37. The molecule has 2 amide bonds. The molecule has 0 aliphatic heterocycles. The molecule has 0 unspecified atom stereocenters. The average molecular weight is 282 g/mol. The van der Waals surface area contributed by atoms with Crippen molar-refractivity contribution in [2.45, 2.75) is 57.8 Å². The third kappa shape index (κ3) is 2.83. The predicted molar refractivity (Wildman–Crippen MR) is 77.5 cm³/mol. The summed E-state index contributed by atoms with van der Waals surface area (Å²) < 4.78 is 5.61. The smallest absolute Gasteiger partial charge is 0.315 e. The van der Waals surface area contributed by atoms with Crippen LogP contribution in [0.4, 0.5) is 4.79 Å². The van der Waals surface area contributed by atoms with Crippen molar-refractivity contribution in [3.05, 3.63) is 12.2 Å². The highest BCUT2D eigenvalue weighted by Gasteiger charge is 2.59. The fraction of sp³-hybridized carbons (Fsp3) is 0.800. The average Bonchev–Trinajstić information content (AvgIpc) is 2.89. The zero-order chi connectivity index (χ0) is 14.8. The number of ether oxygens (including phenoxy) is 1. The van der Waals surface area contributed by atoms with Gasteiger partial charge in [-0.15, -0.1) is 0 Å². The first-order valence-corrected chi connectivity index (χ1v) is 7.42. The second-order valence-electron chi connectivity index (χ2n) is 6.37. The van der Waals surface area contributed by atoms with E-state index in [1.165, 1.54) is 0 Å². The zero-order valence-corrected chi connectivity index (χ0v) is 12.6. The summed E-state index contributed by atoms with van der Waals surface area (Å²) in [5.74, 6) is 0. The third-order valence-electron chi connectivity index (χ3n) is 4.78. The Labute approximate surface area is 120 Å². The number of carbonyl (C=O) groups is 1. The Hall–Kier alpha value is -1.07. The van der Waals surface area contributed by atoms with Gasteiger partial charge in [0.1, 0.15) is 0 Å². The molecule has 0 aromatic rings. The van der Waals surface area contributed by atoms with Crippen molar-refractivity contribution in [2.75, 3.05) is 13.2 Å². The van der Waals surface area contributed by atoms with Crippen molar-refractivity contribution < 1.29 is 14.6 Å². The van der Waals surface area contributed by atoms with E-state index < -0.39 is 5.60 Å². The summed E-state index contributed by atoms with van der Waals surface area (Å²) in [5.41, 5.74) is -1.23. The second kappa shape index (κ2) is 5.74. The van der Waals surface area contributed by atoms with Crippen molar-refractivity contribution in [3.63, 3.8) is 0 Å². The SMILES string of the molecule is CCO[C@H]1C[C@@](O)(CNC(=O)NC2CC=CC2)C1(C)C. The number of carbonyl (C=O) groups excluding carboxylic acids is 1. The van der Waals surface area contributed by atoms with Crippen LogP contribution in [0.15, 0.2) is 12.2 Å². The van der Waals surface area contributed by atoms with Crippen LogP contribution in [-0.2, 0) is 4.74 Å². The Morgan fingerprint density at radius 3 is 2.60 bits per heavy atom. The fourth-order valence-corrected chi connectivity index (χ4v) is 2.96. The van der Waals surface area contributed by atoms with Crippen LogP contribution in [0.1, 0.15) is 40.0 Å². The molecule has 2 rings (SSSR count). The minimum Gasteiger partial charge on any atom is -0.387 e. The molecule has 2 aliphatic carbocycles. The van der Waals surface area contributed by atoms with Crippen LogP contribution in [0.5, 0.6) is 0 Å². The maximum Gasteiger partial charge on any atom is 0.315 e. The highest BCUT2D eigenvalue weighted by molar-refractivity contribution is 5.74. The number of urea groups is 1. The molecule has 5 heteroatoms. The molecule has 2 atom stereocenters. The summed E-state index contributed by atoms with van der Waals surface area (Å²) >= 11 is 0. The van der Waals surface area contributed by atoms with Crippen molar-refractivity contribution in [1.29, 1.82) is 0 Å². The lowest BCUT2D eigenvalue weighted by Gasteiger charge is -2.57. The minimum absolute atomic E-state index is 0.0568. The van der Waals surface area contributed by atoms with E-state index in [2.05, 4.69) is 22.8 Å². The third-order valence-corrected chi connectivity index (χ3v) is 4.78. The first-order valence-electron chi connectivity index (χ1n) is 7.42. The maximum atomic E-state index is 11.8. The number of hydrogen-bond donors (Lipinski definition) is 3. The molecule has 0 aromatic heterocycles. The molecule has 0 radical (unpaired) electrons. The fourth-order valence-electron chi connectivity index (χ4n) is 2.96. The molecule has 3 N–H and O–H groups in total. The van der Waals surface area contributed by atoms with Gasteiger partial charge in [-0.1, -0.05) is 26.0 Å². The Balaban J connectivity index is 1.77. The summed E-state index contributed by atoms with van der Waals surface area (Å²) in [4.78, 5) is 11.8. The molecule has 0 bridgehead atoms. The van der Waals surface area contributed by atoms with Gasteiger partial charge in [-0.3, -0.25) is 0 Å². The predicted octanol–water partition coefficient (Wildman–Crippen LogP) is 1.57. The lowest BCUT2D eigenvalue weighted by atomic mass is 9.56. The van der Waals surface area contributed by atoms with E-state index in [1.54, 1.807) is 0 Å². The number of aliphatic hydroxyl groups is 1. The molecule has 2 aliphatic rings. The standard InChI is InChI=1S/C15H26N2O3/c1-4-20-12-9-15(19,14(12,2)3)10-16-13(18)17-11-7-5-6-8-11/h5-6,11-12,19H,4,7-10H2,1-3H3,(H2,16,17,18)/t12-,15+/m0/s1. The Kier molecular flexibility index (Phi) is 4.39. The van der Waals surface area contributed by atoms with Crippen molar-refractivity contribution in [2.24, 2.45) is 5.41 Å². The van der Waals surface area contributed by atoms with Crippen LogP contribution in [0, 0.1) is 5.41 Å². The molecule has 5 nitrogen and oxygen atoms in total. The minimum atomic E-state index is -0.891. The molecule has 0 spiro atoms. The lowest BCUT2D eigenvalue weighted by Crippen LogP contribution is -2.69. The molecule has 0 aromatic carbocycles. The van der Waals surface area contributed by atoms with Crippen LogP contribution >= 0.6 is 0 Å². The van der Waals surface area contributed by atoms with E-state index in [1.807, 2.05) is 20.8 Å². The van der Waals surface area contributed by atoms with Gasteiger partial charge in [0.25, 0.3) is 0 Å². The molecule has 0 saturated heterocycles. The number of rotatable bonds is 5. The van der Waals surface area contributed by atoms with Crippen LogP contribution in [0.2, 0.25) is 0 Å². The van der Waals surface area contributed by atoms with Gasteiger partial charge in [0.2, 0.25) is 0 Å². The largest absolute Gasteiger partial charge is 0.387 e. The topological polar surface area (TPSA) is 70.6 Å². The van der Waals surface area contributed by atoms with E-state index >= 15 is 0 Å². The first kappa shape index (κ1) is 15.3. The van der Waals surface area contributed by atoms with Crippen LogP contribution in [-0.4, -0.2) is 42.0 Å². The first-order chi connectivity index (χ1) is 9.39. The lowest BCUT2D eigenvalue weighted by molar-refractivity contribution is -0.237. The molecular formula is C15H26N2O3. The summed E-state index contributed by atoms with van der Waals surface area (Å²) in [7, 11) is 0. The summed E-state index contributed by atoms with van der Waals surface area (Å²) in [6.45, 7) is 6.83. The van der Waals surface area contributed by atoms with E-state index in [0.717, 1.165) is 12.8 Å². The van der Waals surface area contributed by atoms with E-state index in [0.29, 0.717) is 13.0 Å². The van der Waals surface area contributed by atoms with Gasteiger partial charge in [-0.2, -0.15) is 0 Å². The molecule has 0 heterocycles. The van der Waals surface area contributed by atoms with Gasteiger partial charge in [-0.05, 0) is 19.8 Å². The molecule has 20 heavy (non-hydrogen) atoms. The number of nitrogens with one attached hydrogen (secondary N) is 2. The van der Waals surface area contributed by atoms with Crippen LogP contribution < -0.4 is 10.6 Å². The van der Waals surface area contributed by atoms with Crippen LogP contribution in [0.3, 0.4) is 0 Å². The highest BCUT2D eigenvalue weighted by Crippen LogP contribution is 2.50. The summed E-state index contributed by atoms with van der Waals surface area (Å²) in [6.07, 6.45) is 6.53. The number of hydrogen-bond acceptors (Lipinski definition) is 3. The Morgan fingerprint density at radius 2 is 2.05 bits per heavy atom. The van der Waals surface area contributed by atoms with E-state index in [-0.39, 0.29) is 30.1 Å². The number of amides is 2. The van der Waals surface area contributed by atoms with Gasteiger partial charge < -0.3 is 20.5 Å². The van der Waals surface area contributed by atoms with E-state index in [4.69, 9.17) is 4.74 Å². The monoisotopic (exact) mass is 282 g/mol. The zero-order valence-electron chi connectivity index (χ0n) is 12.6. The summed E-state index contributed by atoms with van der Waals surface area (Å²) in [6, 6.07) is -0.0157. The van der Waals surface area contributed by atoms with Crippen LogP contribution in [0.25, 0.3) is 0 Å². The van der Waals surface area contributed by atoms with Crippen molar-refractivity contribution in [1.82, 2.24) is 10.6 Å². The van der Waals surface area contributed by atoms with Gasteiger partial charge in [-0.25, -0.2) is 4.79 Å². The Bertz CT molecular complexity index is 387. The van der Waals surface area contributed by atoms with Gasteiger partial charge in [0.05, 0.1) is 11.7 Å². The highest BCUT2D eigenvalue weighted by atomic mass is 16.5. The van der Waals surface area contributed by atoms with Gasteiger partial charge >= 0.3 is 6.03 Å². The molecule has 1 fully saturated rings.